The van der Waals surface area contributed by atoms with Gasteiger partial charge in [0.2, 0.25) is 5.28 Å². The number of aromatic nitrogens is 2. The molecule has 0 bridgehead atoms. The molecule has 0 aliphatic rings. The van der Waals surface area contributed by atoms with Crippen LogP contribution in [0.5, 0.6) is 0 Å². The van der Waals surface area contributed by atoms with Crippen molar-refractivity contribution in [3.63, 3.8) is 0 Å². The SMILES string of the molecule is O=C(NS(=O)(=O)c1cc(C(F)(F)F)ccc1Cl)c1nc(Cl)n(CCC(F)(F)F)c1Cl. The molecule has 1 aromatic heterocycles. The average molecular weight is 519 g/mol. The first kappa shape index (κ1) is 24.6. The van der Waals surface area contributed by atoms with Crippen LogP contribution in [0.4, 0.5) is 26.3 Å². The number of nitrogens with zero attached hydrogens (tertiary/aromatic N) is 2. The zero-order valence-electron chi connectivity index (χ0n) is 14.1. The largest absolute Gasteiger partial charge is 0.416 e. The summed E-state index contributed by atoms with van der Waals surface area (Å²) in [5, 5.41) is -1.96. The highest BCUT2D eigenvalue weighted by Crippen LogP contribution is 2.33. The van der Waals surface area contributed by atoms with Crippen molar-refractivity contribution in [3.8, 4) is 0 Å². The molecule has 1 N–H and O–H groups in total. The fourth-order valence-electron chi connectivity index (χ4n) is 2.09. The number of carbonyl (C=O) groups excluding carboxylic acids is 1. The van der Waals surface area contributed by atoms with E-state index in [1.54, 1.807) is 0 Å². The molecule has 1 amide bonds. The number of nitrogens with one attached hydrogen (secondary N) is 1. The van der Waals surface area contributed by atoms with Crippen LogP contribution in [-0.2, 0) is 22.7 Å². The van der Waals surface area contributed by atoms with E-state index < -0.39 is 72.9 Å². The number of hydrogen-bond donors (Lipinski definition) is 1. The van der Waals surface area contributed by atoms with Gasteiger partial charge in [-0.1, -0.05) is 23.2 Å². The number of imidazole rings is 1. The number of alkyl halides is 6. The average Bonchev–Trinajstić information content (AvgIpc) is 2.85. The van der Waals surface area contributed by atoms with Crippen LogP contribution in [-0.4, -0.2) is 30.1 Å². The Kier molecular flexibility index (Phi) is 6.91. The molecule has 0 radical (unpaired) electrons. The molecule has 0 fully saturated rings. The van der Waals surface area contributed by atoms with Crippen molar-refractivity contribution in [2.45, 2.75) is 30.2 Å². The van der Waals surface area contributed by atoms with E-state index in [2.05, 4.69) is 4.98 Å². The fourth-order valence-corrected chi connectivity index (χ4v) is 4.16. The molecular weight excluding hydrogens is 511 g/mol. The van der Waals surface area contributed by atoms with Crippen LogP contribution in [0.1, 0.15) is 22.5 Å². The molecular formula is C14H8Cl3F6N3O3S. The topological polar surface area (TPSA) is 81.1 Å². The van der Waals surface area contributed by atoms with Gasteiger partial charge >= 0.3 is 12.4 Å². The van der Waals surface area contributed by atoms with Crippen LogP contribution in [0.2, 0.25) is 15.5 Å². The number of benzene rings is 1. The molecule has 2 aromatic rings. The van der Waals surface area contributed by atoms with Gasteiger partial charge in [0.05, 0.1) is 17.0 Å². The molecule has 6 nitrogen and oxygen atoms in total. The molecule has 0 atom stereocenters. The zero-order chi connectivity index (χ0) is 23.1. The van der Waals surface area contributed by atoms with E-state index in [0.29, 0.717) is 16.7 Å². The Labute approximate surface area is 179 Å². The van der Waals surface area contributed by atoms with E-state index in [1.165, 1.54) is 4.72 Å². The van der Waals surface area contributed by atoms with Crippen molar-refractivity contribution in [2.75, 3.05) is 0 Å². The molecule has 0 unspecified atom stereocenters. The minimum absolute atomic E-state index is 0.203. The Morgan fingerprint density at radius 1 is 1.10 bits per heavy atom. The fraction of sp³-hybridized carbons (Fsp3) is 0.286. The van der Waals surface area contributed by atoms with E-state index in [1.807, 2.05) is 0 Å². The van der Waals surface area contributed by atoms with E-state index in [4.69, 9.17) is 34.8 Å². The van der Waals surface area contributed by atoms with Gasteiger partial charge in [-0.15, -0.1) is 0 Å². The lowest BCUT2D eigenvalue weighted by molar-refractivity contribution is -0.138. The van der Waals surface area contributed by atoms with E-state index in [-0.39, 0.29) is 6.07 Å². The molecule has 0 aliphatic carbocycles. The number of rotatable bonds is 5. The van der Waals surface area contributed by atoms with Crippen LogP contribution >= 0.6 is 34.8 Å². The third-order valence-corrected chi connectivity index (χ3v) is 5.95. The number of halogens is 9. The molecule has 166 valence electrons. The summed E-state index contributed by atoms with van der Waals surface area (Å²) < 4.78 is 102. The minimum Gasteiger partial charge on any atom is -0.305 e. The number of sulfonamides is 1. The molecule has 0 spiro atoms. The Bertz CT molecular complexity index is 1080. The van der Waals surface area contributed by atoms with Crippen molar-refractivity contribution in [3.05, 3.63) is 44.9 Å². The minimum atomic E-state index is -4.94. The summed E-state index contributed by atoms with van der Waals surface area (Å²) in [6.07, 6.45) is -10.8. The van der Waals surface area contributed by atoms with E-state index >= 15 is 0 Å². The first-order valence-electron chi connectivity index (χ1n) is 7.45. The quantitative estimate of drug-likeness (QED) is 0.569. The lowest BCUT2D eigenvalue weighted by Crippen LogP contribution is -2.31. The van der Waals surface area contributed by atoms with Gasteiger partial charge in [0, 0.05) is 6.54 Å². The summed E-state index contributed by atoms with van der Waals surface area (Å²) in [5.74, 6) is -1.54. The maximum Gasteiger partial charge on any atom is 0.416 e. The van der Waals surface area contributed by atoms with Crippen molar-refractivity contribution in [1.29, 1.82) is 0 Å². The van der Waals surface area contributed by atoms with Crippen LogP contribution in [0, 0.1) is 0 Å². The van der Waals surface area contributed by atoms with Gasteiger partial charge in [0.15, 0.2) is 5.69 Å². The molecule has 0 saturated heterocycles. The van der Waals surface area contributed by atoms with E-state index in [9.17, 15) is 39.6 Å². The Hall–Kier alpha value is -1.70. The molecule has 1 aromatic carbocycles. The normalized spacial score (nSPS) is 12.8. The molecule has 1 heterocycles. The summed E-state index contributed by atoms with van der Waals surface area (Å²) in [6.45, 7) is -0.812. The zero-order valence-corrected chi connectivity index (χ0v) is 17.2. The highest BCUT2D eigenvalue weighted by Gasteiger charge is 2.34. The Morgan fingerprint density at radius 3 is 2.23 bits per heavy atom. The van der Waals surface area contributed by atoms with Gasteiger partial charge in [0.25, 0.3) is 15.9 Å². The third-order valence-electron chi connectivity index (χ3n) is 3.47. The van der Waals surface area contributed by atoms with Crippen molar-refractivity contribution in [2.24, 2.45) is 0 Å². The van der Waals surface area contributed by atoms with Crippen LogP contribution in [0.25, 0.3) is 0 Å². The second-order valence-electron chi connectivity index (χ2n) is 5.61. The summed E-state index contributed by atoms with van der Waals surface area (Å²) in [4.78, 5) is 14.6. The standard InChI is InChI=1S/C14H8Cl3F6N3O3S/c15-7-2-1-6(14(21,22)23)5-8(7)30(28,29)25-11(27)9-10(16)26(12(17)24-9)4-3-13(18,19)20/h1-2,5H,3-4H2,(H,25,27). The first-order chi connectivity index (χ1) is 13.5. The summed E-state index contributed by atoms with van der Waals surface area (Å²) in [7, 11) is -4.94. The molecule has 30 heavy (non-hydrogen) atoms. The van der Waals surface area contributed by atoms with Gasteiger partial charge in [-0.2, -0.15) is 26.3 Å². The maximum atomic E-state index is 12.8. The predicted molar refractivity (Wildman–Crippen MR) is 94.0 cm³/mol. The monoisotopic (exact) mass is 517 g/mol. The molecule has 2 rings (SSSR count). The highest BCUT2D eigenvalue weighted by atomic mass is 35.5. The predicted octanol–water partition coefficient (Wildman–Crippen LogP) is 4.93. The summed E-state index contributed by atoms with van der Waals surface area (Å²) in [6, 6.07) is 1.40. The van der Waals surface area contributed by atoms with Gasteiger partial charge < -0.3 is 4.57 Å². The van der Waals surface area contributed by atoms with Gasteiger partial charge in [0.1, 0.15) is 10.0 Å². The van der Waals surface area contributed by atoms with Crippen LogP contribution < -0.4 is 4.72 Å². The van der Waals surface area contributed by atoms with Crippen molar-refractivity contribution < 1.29 is 39.6 Å². The smallest absolute Gasteiger partial charge is 0.305 e. The maximum absolute atomic E-state index is 12.8. The summed E-state index contributed by atoms with van der Waals surface area (Å²) >= 11 is 17.0. The second-order valence-corrected chi connectivity index (χ2v) is 8.37. The first-order valence-corrected chi connectivity index (χ1v) is 10.1. The van der Waals surface area contributed by atoms with Crippen molar-refractivity contribution in [1.82, 2.24) is 14.3 Å². The number of hydrogen-bond acceptors (Lipinski definition) is 4. The number of amides is 1. The lowest BCUT2D eigenvalue weighted by atomic mass is 10.2. The molecule has 0 aliphatic heterocycles. The second kappa shape index (κ2) is 8.44. The van der Waals surface area contributed by atoms with Gasteiger partial charge in [-0.05, 0) is 29.8 Å². The van der Waals surface area contributed by atoms with E-state index in [0.717, 1.165) is 0 Å². The van der Waals surface area contributed by atoms with Crippen LogP contribution in [0.15, 0.2) is 23.1 Å². The molecule has 16 heteroatoms. The third kappa shape index (κ3) is 5.71. The Morgan fingerprint density at radius 2 is 1.70 bits per heavy atom. The van der Waals surface area contributed by atoms with Gasteiger partial charge in [-0.3, -0.25) is 4.79 Å². The van der Waals surface area contributed by atoms with Gasteiger partial charge in [-0.25, -0.2) is 18.1 Å². The van der Waals surface area contributed by atoms with Crippen LogP contribution in [0.3, 0.4) is 0 Å². The summed E-state index contributed by atoms with van der Waals surface area (Å²) in [5.41, 5.74) is -2.20. The Balaban J connectivity index is 2.34. The van der Waals surface area contributed by atoms with Crippen molar-refractivity contribution >= 4 is 50.7 Å². The molecule has 0 saturated carbocycles. The highest BCUT2D eigenvalue weighted by molar-refractivity contribution is 7.90. The lowest BCUT2D eigenvalue weighted by Gasteiger charge is -2.11. The number of carbonyl (C=O) groups is 1.